The number of amides is 2. The van der Waals surface area contributed by atoms with Gasteiger partial charge in [0.1, 0.15) is 12.0 Å². The average molecular weight is 506 g/mol. The van der Waals surface area contributed by atoms with Crippen molar-refractivity contribution in [2.24, 2.45) is 0 Å². The fourth-order valence-electron chi connectivity index (χ4n) is 4.36. The Balaban J connectivity index is 1.72. The Morgan fingerprint density at radius 3 is 2.43 bits per heavy atom. The van der Waals surface area contributed by atoms with Crippen LogP contribution in [0, 0.1) is 11.8 Å². The van der Waals surface area contributed by atoms with Gasteiger partial charge >= 0.3 is 11.5 Å². The van der Waals surface area contributed by atoms with E-state index in [2.05, 4.69) is 16.1 Å². The number of alkyl halides is 3. The summed E-state index contributed by atoms with van der Waals surface area (Å²) in [5, 5.41) is 0.917. The molecule has 2 amide bonds. The Morgan fingerprint density at radius 1 is 1.09 bits per heavy atom. The number of nitrogens with zero attached hydrogens (tertiary/aromatic N) is 1. The lowest BCUT2D eigenvalue weighted by molar-refractivity contribution is -0.156. The van der Waals surface area contributed by atoms with Gasteiger partial charge in [0.15, 0.2) is 5.60 Å². The smallest absolute Gasteiger partial charge is 0.446 e. The second-order valence-electron chi connectivity index (χ2n) is 8.43. The number of benzene rings is 2. The van der Waals surface area contributed by atoms with Crippen LogP contribution in [0.3, 0.4) is 0 Å². The maximum Gasteiger partial charge on any atom is 0.470 e. The first-order valence-corrected chi connectivity index (χ1v) is 12.0. The molecule has 0 atom stereocenters. The van der Waals surface area contributed by atoms with E-state index in [1.165, 1.54) is 12.1 Å². The monoisotopic (exact) mass is 505 g/mol. The first kappa shape index (κ1) is 25.1. The molecule has 0 saturated heterocycles. The summed E-state index contributed by atoms with van der Waals surface area (Å²) in [6, 6.07) is 7.65. The average Bonchev–Trinajstić information content (AvgIpc) is 2.81. The molecule has 2 aromatic carbocycles. The number of imide groups is 1. The van der Waals surface area contributed by atoms with Crippen LogP contribution in [0.15, 0.2) is 30.3 Å². The molecular weight excluding hydrogens is 483 g/mol. The van der Waals surface area contributed by atoms with E-state index >= 15 is 0 Å². The molecule has 4 rings (SSSR count). The minimum absolute atomic E-state index is 0.0327. The van der Waals surface area contributed by atoms with Gasteiger partial charge in [-0.05, 0) is 61.6 Å². The molecule has 2 aromatic rings. The Hall–Kier alpha value is -3.03. The van der Waals surface area contributed by atoms with Crippen LogP contribution in [0.25, 0.3) is 10.8 Å². The molecule has 0 unspecified atom stereocenters. The predicted molar refractivity (Wildman–Crippen MR) is 123 cm³/mol. The zero-order chi connectivity index (χ0) is 25.2. The third-order valence-electron chi connectivity index (χ3n) is 5.93. The number of halogens is 3. The number of rotatable bonds is 5. The Morgan fingerprint density at radius 2 is 1.77 bits per heavy atom. The highest BCUT2D eigenvalue weighted by molar-refractivity contribution is 7.95. The van der Waals surface area contributed by atoms with Gasteiger partial charge < -0.3 is 4.74 Å². The number of hydrogen-bond acceptors (Lipinski definition) is 6. The minimum Gasteiger partial charge on any atom is -0.446 e. The number of esters is 1. The molecule has 1 fully saturated rings. The zero-order valence-electron chi connectivity index (χ0n) is 18.9. The van der Waals surface area contributed by atoms with E-state index in [1.54, 1.807) is 18.2 Å². The summed E-state index contributed by atoms with van der Waals surface area (Å²) in [4.78, 5) is 37.8. The Bertz CT molecular complexity index is 1220. The molecule has 184 valence electrons. The molecule has 0 bridgehead atoms. The van der Waals surface area contributed by atoms with Crippen LogP contribution in [0.1, 0.15) is 78.1 Å². The zero-order valence-corrected chi connectivity index (χ0v) is 19.7. The van der Waals surface area contributed by atoms with Gasteiger partial charge in [-0.3, -0.25) is 14.4 Å². The van der Waals surface area contributed by atoms with Gasteiger partial charge in [0.05, 0.1) is 11.1 Å². The van der Waals surface area contributed by atoms with E-state index in [1.807, 2.05) is 6.92 Å². The molecule has 6 nitrogen and oxygen atoms in total. The molecule has 1 aliphatic carbocycles. The quantitative estimate of drug-likeness (QED) is 0.217. The largest absolute Gasteiger partial charge is 0.470 e. The summed E-state index contributed by atoms with van der Waals surface area (Å²) in [7, 11) is 0. The normalized spacial score (nSPS) is 17.2. The van der Waals surface area contributed by atoms with Gasteiger partial charge in [0, 0.05) is 17.4 Å². The Kier molecular flexibility index (Phi) is 7.10. The summed E-state index contributed by atoms with van der Waals surface area (Å²) in [5.74, 6) is 3.95. The van der Waals surface area contributed by atoms with Gasteiger partial charge in [0.2, 0.25) is 0 Å². The molecule has 0 spiro atoms. The van der Waals surface area contributed by atoms with Gasteiger partial charge in [-0.2, -0.15) is 17.5 Å². The summed E-state index contributed by atoms with van der Waals surface area (Å²) >= 11 is -0.933. The van der Waals surface area contributed by atoms with E-state index < -0.39 is 35.0 Å². The van der Waals surface area contributed by atoms with Crippen LogP contribution < -0.4 is 0 Å². The van der Waals surface area contributed by atoms with Crippen molar-refractivity contribution < 1.29 is 36.6 Å². The summed E-state index contributed by atoms with van der Waals surface area (Å²) in [5.41, 5.74) is -5.10. The van der Waals surface area contributed by atoms with Crippen molar-refractivity contribution in [3.8, 4) is 11.8 Å². The van der Waals surface area contributed by atoms with Gasteiger partial charge in [-0.1, -0.05) is 31.4 Å². The van der Waals surface area contributed by atoms with Gasteiger partial charge in [-0.15, -0.1) is 5.06 Å². The van der Waals surface area contributed by atoms with Crippen molar-refractivity contribution in [3.05, 3.63) is 47.0 Å². The third-order valence-corrected chi connectivity index (χ3v) is 6.34. The SMILES string of the molecule is CCCC(=O)OC1(C#Cc2ccc3c4c(cccc24)C(=O)N(OSC(F)(F)F)C3=O)CCCCC1. The standard InChI is InChI=1S/C25H22F3NO5S/c1-2-7-20(30)33-24(13-4-3-5-14-24)15-12-16-10-11-19-21-17(16)8-6-9-18(21)22(31)29(23(19)32)34-35-25(26,27)28/h6,8-11H,2-5,7,13-14H2,1H3. The van der Waals surface area contributed by atoms with E-state index in [4.69, 9.17) is 4.74 Å². The fraction of sp³-hybridized carbons (Fsp3) is 0.400. The molecule has 0 aromatic heterocycles. The van der Waals surface area contributed by atoms with Crippen LogP contribution in [0.4, 0.5) is 13.2 Å². The highest BCUT2D eigenvalue weighted by Crippen LogP contribution is 2.37. The van der Waals surface area contributed by atoms with E-state index in [0.29, 0.717) is 42.0 Å². The molecule has 1 heterocycles. The van der Waals surface area contributed by atoms with Crippen molar-refractivity contribution in [1.29, 1.82) is 0 Å². The fourth-order valence-corrected chi connectivity index (χ4v) is 4.65. The topological polar surface area (TPSA) is 72.9 Å². The van der Waals surface area contributed by atoms with E-state index in [0.717, 1.165) is 19.3 Å². The molecule has 0 N–H and O–H groups in total. The van der Waals surface area contributed by atoms with Crippen molar-refractivity contribution in [3.63, 3.8) is 0 Å². The molecule has 1 aliphatic heterocycles. The number of ether oxygens (including phenoxy) is 1. The van der Waals surface area contributed by atoms with Crippen molar-refractivity contribution in [2.45, 2.75) is 63.0 Å². The first-order valence-electron chi connectivity index (χ1n) is 11.3. The minimum atomic E-state index is -4.79. The molecule has 0 radical (unpaired) electrons. The first-order chi connectivity index (χ1) is 16.6. The number of hydrogen-bond donors (Lipinski definition) is 0. The maximum absolute atomic E-state index is 12.8. The lowest BCUT2D eigenvalue weighted by atomic mass is 9.84. The van der Waals surface area contributed by atoms with Crippen molar-refractivity contribution in [2.75, 3.05) is 0 Å². The van der Waals surface area contributed by atoms with Crippen LogP contribution in [-0.4, -0.2) is 34.0 Å². The highest BCUT2D eigenvalue weighted by Gasteiger charge is 2.39. The van der Waals surface area contributed by atoms with Crippen LogP contribution in [-0.2, 0) is 13.8 Å². The van der Waals surface area contributed by atoms with Crippen molar-refractivity contribution in [1.82, 2.24) is 5.06 Å². The molecule has 2 aliphatic rings. The van der Waals surface area contributed by atoms with Crippen LogP contribution >= 0.6 is 12.0 Å². The maximum atomic E-state index is 12.8. The third kappa shape index (κ3) is 5.31. The lowest BCUT2D eigenvalue weighted by Gasteiger charge is -2.32. The molecule has 10 heteroatoms. The molecule has 1 saturated carbocycles. The number of hydroxylamine groups is 2. The van der Waals surface area contributed by atoms with Gasteiger partial charge in [-0.25, -0.2) is 0 Å². The Labute approximate surface area is 204 Å². The van der Waals surface area contributed by atoms with Crippen LogP contribution in [0.2, 0.25) is 0 Å². The second-order valence-corrected chi connectivity index (χ2v) is 9.20. The summed E-state index contributed by atoms with van der Waals surface area (Å²) in [6.07, 6.45) is 5.01. The second kappa shape index (κ2) is 9.91. The number of carbonyl (C=O) groups is 3. The van der Waals surface area contributed by atoms with Gasteiger partial charge in [0.25, 0.3) is 11.8 Å². The predicted octanol–water partition coefficient (Wildman–Crippen LogP) is 5.93. The van der Waals surface area contributed by atoms with Crippen LogP contribution in [0.5, 0.6) is 0 Å². The number of carbonyl (C=O) groups excluding carboxylic acids is 3. The summed E-state index contributed by atoms with van der Waals surface area (Å²) in [6.45, 7) is 1.90. The van der Waals surface area contributed by atoms with Crippen molar-refractivity contribution >= 4 is 40.6 Å². The lowest BCUT2D eigenvalue weighted by Crippen LogP contribution is -2.39. The highest BCUT2D eigenvalue weighted by atomic mass is 32.2. The van der Waals surface area contributed by atoms with E-state index in [-0.39, 0.29) is 22.2 Å². The summed E-state index contributed by atoms with van der Waals surface area (Å²) < 4.78 is 48.0. The molecular formula is C25H22F3NO5S. The molecule has 35 heavy (non-hydrogen) atoms. The van der Waals surface area contributed by atoms with E-state index in [9.17, 15) is 27.6 Å².